The van der Waals surface area contributed by atoms with E-state index in [1.54, 1.807) is 0 Å². The van der Waals surface area contributed by atoms with Crippen molar-refractivity contribution < 1.29 is 67.9 Å². The van der Waals surface area contributed by atoms with Crippen molar-refractivity contribution in [2.75, 3.05) is 0 Å². The van der Waals surface area contributed by atoms with Crippen molar-refractivity contribution in [3.05, 3.63) is 0 Å². The fourth-order valence-corrected chi connectivity index (χ4v) is 0. The first-order chi connectivity index (χ1) is 3.25. The first-order valence-electron chi connectivity index (χ1n) is 1.29. The molecule has 0 aromatic rings. The molecular formula is CHCeF3O3S+3. The summed E-state index contributed by atoms with van der Waals surface area (Å²) in [6, 6.07) is 0. The monoisotopic (exact) mass is 290 g/mol. The molecule has 0 unspecified atom stereocenters. The molecule has 0 fully saturated rings. The van der Waals surface area contributed by atoms with Gasteiger partial charge in [-0.1, -0.05) is 0 Å². The van der Waals surface area contributed by atoms with Gasteiger partial charge in [-0.2, -0.15) is 21.6 Å². The minimum Gasteiger partial charge on any atom is -0.279 e. The predicted octanol–water partition coefficient (Wildman–Crippen LogP) is 0.394. The quantitative estimate of drug-likeness (QED) is 0.519. The van der Waals surface area contributed by atoms with E-state index in [-0.39, 0.29) is 41.7 Å². The van der Waals surface area contributed by atoms with Gasteiger partial charge in [-0.15, -0.1) is 0 Å². The van der Waals surface area contributed by atoms with Crippen molar-refractivity contribution in [1.29, 1.82) is 0 Å². The van der Waals surface area contributed by atoms with E-state index in [1.807, 2.05) is 0 Å². The molecule has 0 amide bonds. The van der Waals surface area contributed by atoms with Crippen LogP contribution in [-0.4, -0.2) is 18.5 Å². The van der Waals surface area contributed by atoms with Crippen LogP contribution in [-0.2, 0) is 10.1 Å². The van der Waals surface area contributed by atoms with E-state index in [4.69, 9.17) is 13.0 Å². The minimum atomic E-state index is -5.84. The van der Waals surface area contributed by atoms with Crippen LogP contribution in [0.25, 0.3) is 0 Å². The molecule has 1 radical (unpaired) electrons. The zero-order valence-electron chi connectivity index (χ0n) is 3.81. The summed E-state index contributed by atoms with van der Waals surface area (Å²) < 4.78 is 57.5. The van der Waals surface area contributed by atoms with Gasteiger partial charge in [0.25, 0.3) is 0 Å². The maximum absolute atomic E-state index is 10.7. The van der Waals surface area contributed by atoms with Crippen LogP contribution in [0, 0.1) is 41.7 Å². The standard InChI is InChI=1S/CHF3O3S.Ce/c2-1(3,4)8(5,6)7;/h(H,5,6,7);/q;+3. The van der Waals surface area contributed by atoms with E-state index in [0.717, 1.165) is 0 Å². The van der Waals surface area contributed by atoms with Gasteiger partial charge >= 0.3 is 57.4 Å². The largest absolute Gasteiger partial charge is 3.00 e. The van der Waals surface area contributed by atoms with Gasteiger partial charge < -0.3 is 0 Å². The Morgan fingerprint density at radius 3 is 1.33 bits per heavy atom. The van der Waals surface area contributed by atoms with Gasteiger partial charge in [0.05, 0.1) is 0 Å². The Morgan fingerprint density at radius 1 is 1.22 bits per heavy atom. The van der Waals surface area contributed by atoms with Gasteiger partial charge in [-0.05, 0) is 0 Å². The van der Waals surface area contributed by atoms with E-state index in [2.05, 4.69) is 0 Å². The fourth-order valence-electron chi connectivity index (χ4n) is 0. The first kappa shape index (κ1) is 12.7. The van der Waals surface area contributed by atoms with Gasteiger partial charge in [0.1, 0.15) is 0 Å². The summed E-state index contributed by atoms with van der Waals surface area (Å²) in [5.74, 6) is 0. The second kappa shape index (κ2) is 3.46. The van der Waals surface area contributed by atoms with Crippen LogP contribution in [0.4, 0.5) is 13.2 Å². The molecular weight excluding hydrogens is 289 g/mol. The molecule has 1 N–H and O–H groups in total. The van der Waals surface area contributed by atoms with Crippen LogP contribution >= 0.6 is 0 Å². The third kappa shape index (κ3) is 4.48. The second-order valence-electron chi connectivity index (χ2n) is 0.921. The fraction of sp³-hybridized carbons (Fsp3) is 1.00. The van der Waals surface area contributed by atoms with Gasteiger partial charge in [-0.3, -0.25) is 4.55 Å². The molecule has 0 aromatic carbocycles. The summed E-state index contributed by atoms with van der Waals surface area (Å²) >= 11 is 0. The van der Waals surface area contributed by atoms with Crippen molar-refractivity contribution >= 4 is 10.1 Å². The molecule has 51 valence electrons. The van der Waals surface area contributed by atoms with Gasteiger partial charge in [-0.25, -0.2) is 0 Å². The van der Waals surface area contributed by atoms with Crippen LogP contribution in [0.15, 0.2) is 0 Å². The number of hydrogen-bond donors (Lipinski definition) is 1. The van der Waals surface area contributed by atoms with Crippen LogP contribution in [0.2, 0.25) is 0 Å². The molecule has 0 bridgehead atoms. The Labute approximate surface area is 82.7 Å². The third-order valence-corrected chi connectivity index (χ3v) is 0.877. The Kier molecular flexibility index (Phi) is 4.90. The van der Waals surface area contributed by atoms with Gasteiger partial charge in [0.2, 0.25) is 0 Å². The molecule has 0 heterocycles. The van der Waals surface area contributed by atoms with Gasteiger partial charge in [0.15, 0.2) is 0 Å². The molecule has 0 aliphatic rings. The minimum absolute atomic E-state index is 0. The molecule has 0 atom stereocenters. The molecule has 0 saturated heterocycles. The Bertz CT molecular complexity index is 168. The number of rotatable bonds is 0. The molecule has 0 saturated carbocycles. The van der Waals surface area contributed by atoms with Crippen molar-refractivity contribution in [3.63, 3.8) is 0 Å². The summed E-state index contributed by atoms with van der Waals surface area (Å²) in [7, 11) is -5.84. The molecule has 9 heavy (non-hydrogen) atoms. The first-order valence-corrected chi connectivity index (χ1v) is 2.73. The normalized spacial score (nSPS) is 12.4. The number of alkyl halides is 3. The smallest absolute Gasteiger partial charge is 0.279 e. The maximum atomic E-state index is 10.7. The molecule has 3 nitrogen and oxygen atoms in total. The molecule has 0 spiro atoms. The number of halogens is 3. The van der Waals surface area contributed by atoms with Crippen molar-refractivity contribution in [3.8, 4) is 0 Å². The summed E-state index contributed by atoms with van der Waals surface area (Å²) in [5.41, 5.74) is -5.53. The van der Waals surface area contributed by atoms with E-state index in [9.17, 15) is 13.2 Å². The molecule has 0 rings (SSSR count). The Morgan fingerprint density at radius 2 is 1.33 bits per heavy atom. The van der Waals surface area contributed by atoms with Crippen LogP contribution in [0.3, 0.4) is 0 Å². The van der Waals surface area contributed by atoms with Crippen LogP contribution in [0.1, 0.15) is 0 Å². The van der Waals surface area contributed by atoms with E-state index in [1.165, 1.54) is 0 Å². The van der Waals surface area contributed by atoms with Crippen LogP contribution in [0.5, 0.6) is 0 Å². The zero-order valence-corrected chi connectivity index (χ0v) is 7.76. The Balaban J connectivity index is 0. The summed E-state index contributed by atoms with van der Waals surface area (Å²) in [4.78, 5) is 0. The third-order valence-electron chi connectivity index (χ3n) is 0.292. The average Bonchev–Trinajstić information content (AvgIpc) is 1.25. The molecule has 0 aliphatic heterocycles. The zero-order chi connectivity index (χ0) is 7.00. The molecule has 8 heteroatoms. The summed E-state index contributed by atoms with van der Waals surface area (Å²) in [5, 5.41) is 0. The Hall–Kier alpha value is 1.08. The van der Waals surface area contributed by atoms with E-state index in [0.29, 0.717) is 0 Å². The number of hydrogen-bond acceptors (Lipinski definition) is 2. The average molecular weight is 290 g/mol. The predicted molar refractivity (Wildman–Crippen MR) is 17.6 cm³/mol. The SMILES string of the molecule is O=S(=O)(O)C(F)(F)F.[Ce+3]. The second-order valence-corrected chi connectivity index (χ2v) is 2.33. The summed E-state index contributed by atoms with van der Waals surface area (Å²) in [6.07, 6.45) is 0. The van der Waals surface area contributed by atoms with Crippen LogP contribution < -0.4 is 0 Å². The van der Waals surface area contributed by atoms with E-state index < -0.39 is 15.6 Å². The van der Waals surface area contributed by atoms with Crippen molar-refractivity contribution in [1.82, 2.24) is 0 Å². The molecule has 0 aromatic heterocycles. The van der Waals surface area contributed by atoms with Gasteiger partial charge in [0, 0.05) is 0 Å². The molecule has 0 aliphatic carbocycles. The van der Waals surface area contributed by atoms with Crippen molar-refractivity contribution in [2.24, 2.45) is 0 Å². The van der Waals surface area contributed by atoms with Crippen molar-refractivity contribution in [2.45, 2.75) is 5.51 Å². The summed E-state index contributed by atoms with van der Waals surface area (Å²) in [6.45, 7) is 0. The van der Waals surface area contributed by atoms with E-state index >= 15 is 0 Å². The maximum Gasteiger partial charge on any atom is 3.00 e. The topological polar surface area (TPSA) is 54.4 Å².